The second kappa shape index (κ2) is 8.89. The number of nitrogens with two attached hydrogens (primary N) is 1. The van der Waals surface area contributed by atoms with Crippen LogP contribution < -0.4 is 16.0 Å². The summed E-state index contributed by atoms with van der Waals surface area (Å²) in [5.74, 6) is 6.84. The lowest BCUT2D eigenvalue weighted by molar-refractivity contribution is 0.00265. The number of hydrogen-bond acceptors (Lipinski definition) is 5. The number of hydrogen-bond donors (Lipinski definition) is 2. The minimum Gasteiger partial charge on any atom is -0.492 e. The van der Waals surface area contributed by atoms with Crippen molar-refractivity contribution in [2.45, 2.75) is 46.3 Å². The van der Waals surface area contributed by atoms with Crippen LogP contribution in [0.25, 0.3) is 0 Å². The second-order valence-electron chi connectivity index (χ2n) is 5.11. The first-order valence-electron chi connectivity index (χ1n) is 7.29. The highest BCUT2D eigenvalue weighted by Crippen LogP contribution is 2.26. The smallest absolute Gasteiger partial charge is 0.137 e. The topological polar surface area (TPSA) is 69.4 Å². The first-order valence-corrected chi connectivity index (χ1v) is 7.29. The molecule has 114 valence electrons. The Balaban J connectivity index is 2.92. The third-order valence-corrected chi connectivity index (χ3v) is 3.09. The molecule has 5 nitrogen and oxygen atoms in total. The Kier molecular flexibility index (Phi) is 7.51. The zero-order chi connectivity index (χ0) is 15.0. The minimum absolute atomic E-state index is 0.00627. The molecule has 0 amide bonds. The quantitative estimate of drug-likeness (QED) is 0.537. The fourth-order valence-corrected chi connectivity index (χ4v) is 2.15. The molecule has 1 heterocycles. The zero-order valence-corrected chi connectivity index (χ0v) is 12.9. The molecule has 3 N–H and O–H groups in total. The summed E-state index contributed by atoms with van der Waals surface area (Å²) in [6, 6.07) is 1.87. The van der Waals surface area contributed by atoms with E-state index in [-0.39, 0.29) is 12.1 Å². The van der Waals surface area contributed by atoms with Crippen molar-refractivity contribution in [1.29, 1.82) is 0 Å². The molecule has 0 aliphatic carbocycles. The van der Waals surface area contributed by atoms with Gasteiger partial charge in [-0.1, -0.05) is 20.8 Å². The molecular formula is C15H27N3O2. The maximum atomic E-state index is 5.82. The molecule has 0 bridgehead atoms. The molecule has 0 saturated heterocycles. The summed E-state index contributed by atoms with van der Waals surface area (Å²) in [7, 11) is 0. The summed E-state index contributed by atoms with van der Waals surface area (Å²) in [4.78, 5) is 4.23. The molecular weight excluding hydrogens is 254 g/mol. The van der Waals surface area contributed by atoms with Gasteiger partial charge in [0.1, 0.15) is 5.75 Å². The number of nitrogens with one attached hydrogen (secondary N) is 1. The number of hydrazine groups is 1. The first kappa shape index (κ1) is 16.9. The van der Waals surface area contributed by atoms with Crippen molar-refractivity contribution in [3.8, 4) is 5.75 Å². The van der Waals surface area contributed by atoms with Crippen molar-refractivity contribution in [2.75, 3.05) is 13.2 Å². The molecule has 1 aromatic heterocycles. The van der Waals surface area contributed by atoms with Crippen molar-refractivity contribution in [2.24, 2.45) is 11.8 Å². The SMILES string of the molecule is CCCOc1cncc(C(NN)C(OCC)C(C)C)c1. The van der Waals surface area contributed by atoms with Gasteiger partial charge in [-0.05, 0) is 30.9 Å². The fraction of sp³-hybridized carbons (Fsp3) is 0.667. The summed E-state index contributed by atoms with van der Waals surface area (Å²) < 4.78 is 11.4. The van der Waals surface area contributed by atoms with Gasteiger partial charge in [0.15, 0.2) is 0 Å². The summed E-state index contributed by atoms with van der Waals surface area (Å²) in [5.41, 5.74) is 3.83. The highest BCUT2D eigenvalue weighted by Gasteiger charge is 2.26. The van der Waals surface area contributed by atoms with E-state index in [4.69, 9.17) is 15.3 Å². The number of nitrogens with zero attached hydrogens (tertiary/aromatic N) is 1. The van der Waals surface area contributed by atoms with E-state index in [9.17, 15) is 0 Å². The lowest BCUT2D eigenvalue weighted by atomic mass is 9.95. The third-order valence-electron chi connectivity index (χ3n) is 3.09. The van der Waals surface area contributed by atoms with Crippen molar-refractivity contribution < 1.29 is 9.47 Å². The van der Waals surface area contributed by atoms with E-state index in [2.05, 4.69) is 31.2 Å². The number of pyridine rings is 1. The zero-order valence-electron chi connectivity index (χ0n) is 12.9. The van der Waals surface area contributed by atoms with Crippen LogP contribution in [0.4, 0.5) is 0 Å². The Morgan fingerprint density at radius 1 is 1.30 bits per heavy atom. The first-order chi connectivity index (χ1) is 9.63. The summed E-state index contributed by atoms with van der Waals surface area (Å²) in [5, 5.41) is 0. The van der Waals surface area contributed by atoms with Gasteiger partial charge >= 0.3 is 0 Å². The molecule has 5 heteroatoms. The molecule has 0 radical (unpaired) electrons. The van der Waals surface area contributed by atoms with Gasteiger partial charge in [0.05, 0.1) is 24.9 Å². The Hall–Kier alpha value is -1.17. The van der Waals surface area contributed by atoms with Gasteiger partial charge in [-0.15, -0.1) is 0 Å². The van der Waals surface area contributed by atoms with Crippen LogP contribution in [0.5, 0.6) is 5.75 Å². The van der Waals surface area contributed by atoms with Gasteiger partial charge in [0.2, 0.25) is 0 Å². The Morgan fingerprint density at radius 3 is 2.60 bits per heavy atom. The molecule has 1 aromatic rings. The fourth-order valence-electron chi connectivity index (χ4n) is 2.15. The van der Waals surface area contributed by atoms with Gasteiger partial charge in [0, 0.05) is 12.8 Å². The molecule has 0 aliphatic rings. The van der Waals surface area contributed by atoms with E-state index in [0.717, 1.165) is 17.7 Å². The van der Waals surface area contributed by atoms with Crippen LogP contribution in [0, 0.1) is 5.92 Å². The number of aromatic nitrogens is 1. The van der Waals surface area contributed by atoms with Crippen LogP contribution in [0.15, 0.2) is 18.5 Å². The molecule has 2 atom stereocenters. The van der Waals surface area contributed by atoms with E-state index in [1.807, 2.05) is 13.0 Å². The van der Waals surface area contributed by atoms with Crippen molar-refractivity contribution in [1.82, 2.24) is 10.4 Å². The molecule has 0 aliphatic heterocycles. The molecule has 1 rings (SSSR count). The van der Waals surface area contributed by atoms with Gasteiger partial charge in [-0.3, -0.25) is 16.3 Å². The molecule has 2 unspecified atom stereocenters. The monoisotopic (exact) mass is 281 g/mol. The van der Waals surface area contributed by atoms with Crippen LogP contribution >= 0.6 is 0 Å². The van der Waals surface area contributed by atoms with E-state index in [0.29, 0.717) is 19.1 Å². The number of rotatable bonds is 9. The normalized spacial score (nSPS) is 14.3. The van der Waals surface area contributed by atoms with Crippen LogP contribution in [-0.4, -0.2) is 24.3 Å². The molecule has 0 spiro atoms. The van der Waals surface area contributed by atoms with Gasteiger partial charge in [-0.25, -0.2) is 0 Å². The Labute approximate surface area is 121 Å². The highest BCUT2D eigenvalue weighted by atomic mass is 16.5. The Bertz CT molecular complexity index is 385. The summed E-state index contributed by atoms with van der Waals surface area (Å²) in [6.45, 7) is 9.64. The summed E-state index contributed by atoms with van der Waals surface area (Å²) in [6.07, 6.45) is 4.49. The largest absolute Gasteiger partial charge is 0.492 e. The standard InChI is InChI=1S/C15H27N3O2/c1-5-7-20-13-8-12(9-17-10-13)14(18-16)15(11(3)4)19-6-2/h8-11,14-15,18H,5-7,16H2,1-4H3. The molecule has 0 fully saturated rings. The van der Waals surface area contributed by atoms with E-state index in [1.165, 1.54) is 0 Å². The maximum Gasteiger partial charge on any atom is 0.137 e. The molecule has 0 aromatic carbocycles. The van der Waals surface area contributed by atoms with Crippen LogP contribution in [0.1, 0.15) is 45.7 Å². The van der Waals surface area contributed by atoms with E-state index < -0.39 is 0 Å². The van der Waals surface area contributed by atoms with E-state index >= 15 is 0 Å². The van der Waals surface area contributed by atoms with Gasteiger partial charge in [0.25, 0.3) is 0 Å². The summed E-state index contributed by atoms with van der Waals surface area (Å²) >= 11 is 0. The van der Waals surface area contributed by atoms with Gasteiger partial charge in [-0.2, -0.15) is 0 Å². The second-order valence-corrected chi connectivity index (χ2v) is 5.11. The predicted octanol–water partition coefficient (Wildman–Crippen LogP) is 2.44. The third kappa shape index (κ3) is 4.74. The minimum atomic E-state index is -0.104. The molecule has 0 saturated carbocycles. The maximum absolute atomic E-state index is 5.82. The van der Waals surface area contributed by atoms with Crippen LogP contribution in [-0.2, 0) is 4.74 Å². The Morgan fingerprint density at radius 2 is 2.05 bits per heavy atom. The highest BCUT2D eigenvalue weighted by molar-refractivity contribution is 5.26. The van der Waals surface area contributed by atoms with Gasteiger partial charge < -0.3 is 9.47 Å². The lowest BCUT2D eigenvalue weighted by Crippen LogP contribution is -2.40. The average molecular weight is 281 g/mol. The average Bonchev–Trinajstić information content (AvgIpc) is 2.45. The number of ether oxygens (including phenoxy) is 2. The van der Waals surface area contributed by atoms with Crippen molar-refractivity contribution >= 4 is 0 Å². The van der Waals surface area contributed by atoms with Crippen LogP contribution in [0.3, 0.4) is 0 Å². The van der Waals surface area contributed by atoms with Crippen molar-refractivity contribution in [3.05, 3.63) is 24.0 Å². The van der Waals surface area contributed by atoms with Crippen LogP contribution in [0.2, 0.25) is 0 Å². The van der Waals surface area contributed by atoms with E-state index in [1.54, 1.807) is 12.4 Å². The predicted molar refractivity (Wildman–Crippen MR) is 80.3 cm³/mol. The van der Waals surface area contributed by atoms with Crippen molar-refractivity contribution in [3.63, 3.8) is 0 Å². The lowest BCUT2D eigenvalue weighted by Gasteiger charge is -2.29. The molecule has 20 heavy (non-hydrogen) atoms.